The highest BCUT2D eigenvalue weighted by Gasteiger charge is 2.20. The minimum absolute atomic E-state index is 0.135. The third-order valence-corrected chi connectivity index (χ3v) is 3.05. The van der Waals surface area contributed by atoms with Gasteiger partial charge in [-0.3, -0.25) is 0 Å². The van der Waals surface area contributed by atoms with Gasteiger partial charge in [0.15, 0.2) is 0 Å². The van der Waals surface area contributed by atoms with Crippen molar-refractivity contribution in [1.82, 2.24) is 0 Å². The van der Waals surface area contributed by atoms with Crippen LogP contribution in [0.4, 0.5) is 0 Å². The van der Waals surface area contributed by atoms with E-state index in [0.717, 1.165) is 6.42 Å². The van der Waals surface area contributed by atoms with E-state index in [-0.39, 0.29) is 5.54 Å². The fraction of sp³-hybridized carbons (Fsp3) is 0.556. The molecule has 1 aromatic heterocycles. The highest BCUT2D eigenvalue weighted by Crippen LogP contribution is 2.27. The summed E-state index contributed by atoms with van der Waals surface area (Å²) in [7, 11) is 0. The second kappa shape index (κ2) is 2.95. The number of thiophene rings is 1. The Morgan fingerprint density at radius 1 is 1.64 bits per heavy atom. The lowest BCUT2D eigenvalue weighted by molar-refractivity contribution is 0.476. The van der Waals surface area contributed by atoms with Crippen LogP contribution < -0.4 is 5.73 Å². The third-order valence-electron chi connectivity index (χ3n) is 2.21. The molecule has 0 aliphatic carbocycles. The summed E-state index contributed by atoms with van der Waals surface area (Å²) in [5, 5.41) is 2.10. The number of hydrogen-bond donors (Lipinski definition) is 1. The molecule has 0 spiro atoms. The summed E-state index contributed by atoms with van der Waals surface area (Å²) >= 11 is 1.77. The maximum Gasteiger partial charge on any atom is 0.0389 e. The molecule has 0 aliphatic heterocycles. The van der Waals surface area contributed by atoms with Crippen LogP contribution in [-0.4, -0.2) is 0 Å². The summed E-state index contributed by atoms with van der Waals surface area (Å²) in [6.45, 7) is 6.33. The Bertz CT molecular complexity index is 237. The van der Waals surface area contributed by atoms with Crippen molar-refractivity contribution in [2.24, 2.45) is 5.73 Å². The molecule has 2 heteroatoms. The van der Waals surface area contributed by atoms with Crippen LogP contribution in [0, 0.1) is 6.92 Å². The molecule has 0 bridgehead atoms. The van der Waals surface area contributed by atoms with E-state index in [1.165, 1.54) is 10.4 Å². The summed E-state index contributed by atoms with van der Waals surface area (Å²) in [5.74, 6) is 0. The first-order valence-corrected chi connectivity index (χ1v) is 4.79. The van der Waals surface area contributed by atoms with Gasteiger partial charge in [-0.05, 0) is 37.3 Å². The molecule has 0 saturated carbocycles. The van der Waals surface area contributed by atoms with Gasteiger partial charge >= 0.3 is 0 Å². The van der Waals surface area contributed by atoms with Crippen LogP contribution in [0.5, 0.6) is 0 Å². The van der Waals surface area contributed by atoms with Crippen LogP contribution in [0.1, 0.15) is 30.7 Å². The van der Waals surface area contributed by atoms with Gasteiger partial charge in [0, 0.05) is 10.4 Å². The van der Waals surface area contributed by atoms with Crippen LogP contribution in [0.3, 0.4) is 0 Å². The fourth-order valence-corrected chi connectivity index (χ4v) is 2.00. The Morgan fingerprint density at radius 3 is 2.64 bits per heavy atom. The van der Waals surface area contributed by atoms with E-state index < -0.39 is 0 Å². The minimum Gasteiger partial charge on any atom is -0.322 e. The summed E-state index contributed by atoms with van der Waals surface area (Å²) in [6.07, 6.45) is 0.991. The maximum atomic E-state index is 6.09. The smallest absolute Gasteiger partial charge is 0.0389 e. The molecule has 1 aromatic rings. The normalized spacial score (nSPS) is 16.4. The number of rotatable bonds is 2. The predicted molar refractivity (Wildman–Crippen MR) is 50.9 cm³/mol. The van der Waals surface area contributed by atoms with E-state index in [1.54, 1.807) is 11.3 Å². The number of aryl methyl sites for hydroxylation is 1. The Balaban J connectivity index is 3.00. The highest BCUT2D eigenvalue weighted by molar-refractivity contribution is 7.10. The van der Waals surface area contributed by atoms with Gasteiger partial charge < -0.3 is 5.73 Å². The van der Waals surface area contributed by atoms with Crippen LogP contribution in [0.15, 0.2) is 11.4 Å². The van der Waals surface area contributed by atoms with E-state index >= 15 is 0 Å². The topological polar surface area (TPSA) is 26.0 Å². The van der Waals surface area contributed by atoms with E-state index in [4.69, 9.17) is 5.73 Å². The molecule has 1 unspecified atom stereocenters. The second-order valence-corrected chi connectivity index (χ2v) is 4.28. The van der Waals surface area contributed by atoms with E-state index in [2.05, 4.69) is 32.2 Å². The van der Waals surface area contributed by atoms with Gasteiger partial charge in [0.05, 0.1) is 0 Å². The molecule has 0 saturated heterocycles. The third kappa shape index (κ3) is 1.63. The molecule has 0 amide bonds. The maximum absolute atomic E-state index is 6.09. The Kier molecular flexibility index (Phi) is 2.35. The van der Waals surface area contributed by atoms with Crippen molar-refractivity contribution in [3.63, 3.8) is 0 Å². The Labute approximate surface area is 72.2 Å². The SMILES string of the molecule is CCC(C)(N)c1ccsc1C. The van der Waals surface area contributed by atoms with Crippen LogP contribution in [-0.2, 0) is 5.54 Å². The van der Waals surface area contributed by atoms with Gasteiger partial charge in [-0.25, -0.2) is 0 Å². The Morgan fingerprint density at radius 2 is 2.27 bits per heavy atom. The molecule has 62 valence electrons. The summed E-state index contributed by atoms with van der Waals surface area (Å²) < 4.78 is 0. The molecular weight excluding hydrogens is 154 g/mol. The predicted octanol–water partition coefficient (Wildman–Crippen LogP) is 2.64. The molecule has 1 atom stereocenters. The van der Waals surface area contributed by atoms with Gasteiger partial charge in [-0.1, -0.05) is 6.92 Å². The monoisotopic (exact) mass is 169 g/mol. The fourth-order valence-electron chi connectivity index (χ4n) is 1.17. The van der Waals surface area contributed by atoms with Gasteiger partial charge in [0.25, 0.3) is 0 Å². The van der Waals surface area contributed by atoms with Crippen LogP contribution in [0.25, 0.3) is 0 Å². The molecule has 2 N–H and O–H groups in total. The Hall–Kier alpha value is -0.340. The average Bonchev–Trinajstić information content (AvgIpc) is 2.36. The average molecular weight is 169 g/mol. The molecule has 0 fully saturated rings. The van der Waals surface area contributed by atoms with Crippen molar-refractivity contribution in [3.8, 4) is 0 Å². The van der Waals surface area contributed by atoms with Crippen molar-refractivity contribution in [3.05, 3.63) is 21.9 Å². The van der Waals surface area contributed by atoms with Gasteiger partial charge in [-0.2, -0.15) is 0 Å². The van der Waals surface area contributed by atoms with E-state index in [9.17, 15) is 0 Å². The zero-order valence-electron chi connectivity index (χ0n) is 7.35. The largest absolute Gasteiger partial charge is 0.322 e. The standard InChI is InChI=1S/C9H15NS/c1-4-9(3,10)8-5-6-11-7(8)2/h5-6H,4,10H2,1-3H3. The lowest BCUT2D eigenvalue weighted by Gasteiger charge is -2.22. The number of hydrogen-bond acceptors (Lipinski definition) is 2. The zero-order valence-corrected chi connectivity index (χ0v) is 8.16. The van der Waals surface area contributed by atoms with Crippen molar-refractivity contribution in [2.75, 3.05) is 0 Å². The van der Waals surface area contributed by atoms with Gasteiger partial charge in [0.1, 0.15) is 0 Å². The first-order valence-electron chi connectivity index (χ1n) is 3.91. The molecule has 0 radical (unpaired) electrons. The van der Waals surface area contributed by atoms with Crippen LogP contribution in [0.2, 0.25) is 0 Å². The van der Waals surface area contributed by atoms with E-state index in [1.807, 2.05) is 0 Å². The first-order chi connectivity index (χ1) is 5.08. The lowest BCUT2D eigenvalue weighted by Crippen LogP contribution is -2.31. The van der Waals surface area contributed by atoms with Gasteiger partial charge in [-0.15, -0.1) is 11.3 Å². The number of nitrogens with two attached hydrogens (primary N) is 1. The van der Waals surface area contributed by atoms with Crippen molar-refractivity contribution < 1.29 is 0 Å². The summed E-state index contributed by atoms with van der Waals surface area (Å²) in [4.78, 5) is 1.34. The second-order valence-electron chi connectivity index (χ2n) is 3.16. The summed E-state index contributed by atoms with van der Waals surface area (Å²) in [6, 6.07) is 2.13. The van der Waals surface area contributed by atoms with Crippen molar-refractivity contribution >= 4 is 11.3 Å². The quantitative estimate of drug-likeness (QED) is 0.723. The summed E-state index contributed by atoms with van der Waals surface area (Å²) in [5.41, 5.74) is 7.25. The molecule has 1 nitrogen and oxygen atoms in total. The molecule has 11 heavy (non-hydrogen) atoms. The van der Waals surface area contributed by atoms with E-state index in [0.29, 0.717) is 0 Å². The zero-order chi connectivity index (χ0) is 8.48. The van der Waals surface area contributed by atoms with Crippen LogP contribution >= 0.6 is 11.3 Å². The lowest BCUT2D eigenvalue weighted by atomic mass is 9.91. The first kappa shape index (κ1) is 8.75. The molecule has 1 heterocycles. The van der Waals surface area contributed by atoms with Gasteiger partial charge in [0.2, 0.25) is 0 Å². The molecule has 1 rings (SSSR count). The van der Waals surface area contributed by atoms with Crippen molar-refractivity contribution in [1.29, 1.82) is 0 Å². The molecule has 0 aliphatic rings. The van der Waals surface area contributed by atoms with Crippen molar-refractivity contribution in [2.45, 2.75) is 32.7 Å². The minimum atomic E-state index is -0.135. The highest BCUT2D eigenvalue weighted by atomic mass is 32.1. The molecule has 0 aromatic carbocycles. The molecular formula is C9H15NS.